The van der Waals surface area contributed by atoms with Crippen LogP contribution in [0, 0.1) is 0 Å². The van der Waals surface area contributed by atoms with Gasteiger partial charge < -0.3 is 20.1 Å². The van der Waals surface area contributed by atoms with Crippen LogP contribution in [0.4, 0.5) is 0 Å². The predicted octanol–water partition coefficient (Wildman–Crippen LogP) is 4.83. The molecule has 2 unspecified atom stereocenters. The zero-order valence-corrected chi connectivity index (χ0v) is 21.4. The molecule has 38 heavy (non-hydrogen) atoms. The quantitative estimate of drug-likeness (QED) is 0.317. The Kier molecular flexibility index (Phi) is 7.94. The van der Waals surface area contributed by atoms with Crippen molar-refractivity contribution in [3.05, 3.63) is 119 Å². The van der Waals surface area contributed by atoms with E-state index in [2.05, 4.69) is 48.6 Å². The van der Waals surface area contributed by atoms with E-state index < -0.39 is 6.10 Å². The highest BCUT2D eigenvalue weighted by molar-refractivity contribution is 6.00. The van der Waals surface area contributed by atoms with E-state index in [4.69, 9.17) is 4.74 Å². The lowest BCUT2D eigenvalue weighted by Crippen LogP contribution is -2.49. The van der Waals surface area contributed by atoms with E-state index in [0.717, 1.165) is 5.56 Å². The first-order valence-electron chi connectivity index (χ1n) is 13.0. The molecular weight excluding hydrogens is 476 g/mol. The van der Waals surface area contributed by atoms with Crippen molar-refractivity contribution in [2.24, 2.45) is 0 Å². The van der Waals surface area contributed by atoms with Crippen LogP contribution in [0.25, 0.3) is 10.8 Å². The average molecular weight is 509 g/mol. The molecule has 0 saturated carbocycles. The number of nitrogens with one attached hydrogen (secondary N) is 1. The number of hydrogen-bond donors (Lipinski definition) is 2. The van der Waals surface area contributed by atoms with Crippen LogP contribution in [0.2, 0.25) is 0 Å². The molecular formula is C32H32N2O4. The van der Waals surface area contributed by atoms with Gasteiger partial charge in [0.15, 0.2) is 5.78 Å². The molecule has 6 nitrogen and oxygen atoms in total. The van der Waals surface area contributed by atoms with Gasteiger partial charge in [-0.3, -0.25) is 9.59 Å². The summed E-state index contributed by atoms with van der Waals surface area (Å²) in [4.78, 5) is 27.3. The van der Waals surface area contributed by atoms with Gasteiger partial charge in [-0.25, -0.2) is 0 Å². The number of ketones is 1. The first kappa shape index (κ1) is 25.8. The molecule has 4 aromatic carbocycles. The van der Waals surface area contributed by atoms with Gasteiger partial charge in [0.25, 0.3) is 0 Å². The van der Waals surface area contributed by atoms with Crippen LogP contribution in [0.1, 0.15) is 46.1 Å². The molecule has 4 aromatic rings. The summed E-state index contributed by atoms with van der Waals surface area (Å²) < 4.78 is 5.83. The highest BCUT2D eigenvalue weighted by Gasteiger charge is 2.27. The molecule has 2 N–H and O–H groups in total. The second kappa shape index (κ2) is 11.7. The van der Waals surface area contributed by atoms with Crippen LogP contribution in [0.3, 0.4) is 0 Å². The number of ether oxygens (including phenoxy) is 1. The molecule has 1 heterocycles. The monoisotopic (exact) mass is 508 g/mol. The second-order valence-corrected chi connectivity index (χ2v) is 9.78. The van der Waals surface area contributed by atoms with Crippen molar-refractivity contribution in [2.75, 3.05) is 19.7 Å². The number of carbonyl (C=O) groups is 2. The summed E-state index contributed by atoms with van der Waals surface area (Å²) in [6.45, 7) is 3.61. The van der Waals surface area contributed by atoms with Crippen LogP contribution in [-0.2, 0) is 16.1 Å². The Hall–Kier alpha value is -3.84. The molecule has 0 radical (unpaired) electrons. The van der Waals surface area contributed by atoms with Crippen molar-refractivity contribution in [3.8, 4) is 0 Å². The molecule has 1 saturated heterocycles. The van der Waals surface area contributed by atoms with E-state index in [1.807, 2.05) is 18.2 Å². The summed E-state index contributed by atoms with van der Waals surface area (Å²) in [6, 6.07) is 30.8. The Labute approximate surface area is 222 Å². The maximum atomic E-state index is 12.9. The highest BCUT2D eigenvalue weighted by Crippen LogP contribution is 2.24. The summed E-state index contributed by atoms with van der Waals surface area (Å²) in [7, 11) is 0. The molecule has 0 aliphatic carbocycles. The minimum Gasteiger partial charge on any atom is -0.380 e. The molecule has 0 aromatic heterocycles. The molecule has 0 spiro atoms. The van der Waals surface area contributed by atoms with Gasteiger partial charge in [0.1, 0.15) is 12.7 Å². The Morgan fingerprint density at radius 1 is 1.00 bits per heavy atom. The van der Waals surface area contributed by atoms with Crippen molar-refractivity contribution < 1.29 is 19.4 Å². The standard InChI is InChI=1S/C32H32N2O4/c1-22(28-16-8-13-24-10-5-6-15-29(24)28)33-18-27-20-34(30(35)21-38-27)19-23-9-7-14-26(17-23)32(37)31(36)25-11-3-2-4-12-25/h2-17,22,27,31,33,36H,18-21H2,1H3/t22-,27?,31?/m1/s1. The van der Waals surface area contributed by atoms with Gasteiger partial charge in [-0.15, -0.1) is 0 Å². The summed E-state index contributed by atoms with van der Waals surface area (Å²) in [5.74, 6) is -0.444. The molecule has 1 aliphatic rings. The maximum Gasteiger partial charge on any atom is 0.248 e. The van der Waals surface area contributed by atoms with Crippen LogP contribution in [-0.4, -0.2) is 47.5 Å². The second-order valence-electron chi connectivity index (χ2n) is 9.78. The van der Waals surface area contributed by atoms with Gasteiger partial charge in [0.05, 0.1) is 6.10 Å². The third kappa shape index (κ3) is 5.83. The number of carbonyl (C=O) groups excluding carboxylic acids is 2. The normalized spacial score (nSPS) is 17.4. The zero-order chi connectivity index (χ0) is 26.5. The number of benzene rings is 4. The lowest BCUT2D eigenvalue weighted by Gasteiger charge is -2.33. The van der Waals surface area contributed by atoms with E-state index in [0.29, 0.717) is 30.8 Å². The molecule has 1 aliphatic heterocycles. The van der Waals surface area contributed by atoms with Crippen LogP contribution in [0.15, 0.2) is 97.1 Å². The fourth-order valence-electron chi connectivity index (χ4n) is 4.99. The Balaban J connectivity index is 1.21. The van der Waals surface area contributed by atoms with Gasteiger partial charge in [0.2, 0.25) is 5.91 Å². The molecule has 0 bridgehead atoms. The molecule has 5 rings (SSSR count). The van der Waals surface area contributed by atoms with Crippen molar-refractivity contribution in [1.29, 1.82) is 0 Å². The van der Waals surface area contributed by atoms with E-state index in [-0.39, 0.29) is 30.4 Å². The number of Topliss-reactive ketones (excluding diaryl/α,β-unsaturated/α-hetero) is 1. The molecule has 6 heteroatoms. The van der Waals surface area contributed by atoms with Crippen molar-refractivity contribution >= 4 is 22.5 Å². The van der Waals surface area contributed by atoms with Crippen LogP contribution >= 0.6 is 0 Å². The third-order valence-electron chi connectivity index (χ3n) is 7.11. The predicted molar refractivity (Wildman–Crippen MR) is 148 cm³/mol. The number of fused-ring (bicyclic) bond motifs is 1. The summed E-state index contributed by atoms with van der Waals surface area (Å²) >= 11 is 0. The van der Waals surface area contributed by atoms with Crippen molar-refractivity contribution in [3.63, 3.8) is 0 Å². The number of nitrogens with zero attached hydrogens (tertiary/aromatic N) is 1. The number of morpholine rings is 1. The summed E-state index contributed by atoms with van der Waals surface area (Å²) in [5, 5.41) is 16.6. The van der Waals surface area contributed by atoms with Crippen molar-refractivity contribution in [1.82, 2.24) is 10.2 Å². The van der Waals surface area contributed by atoms with Gasteiger partial charge in [0, 0.05) is 31.2 Å². The van der Waals surface area contributed by atoms with Crippen molar-refractivity contribution in [2.45, 2.75) is 31.7 Å². The van der Waals surface area contributed by atoms with Crippen LogP contribution < -0.4 is 5.32 Å². The van der Waals surface area contributed by atoms with Gasteiger partial charge in [-0.05, 0) is 40.5 Å². The fourth-order valence-corrected chi connectivity index (χ4v) is 4.99. The summed E-state index contributed by atoms with van der Waals surface area (Å²) in [5.41, 5.74) is 3.04. The van der Waals surface area contributed by atoms with E-state index >= 15 is 0 Å². The number of hydrogen-bond acceptors (Lipinski definition) is 5. The molecule has 1 amide bonds. The first-order valence-corrected chi connectivity index (χ1v) is 13.0. The van der Waals surface area contributed by atoms with Crippen LogP contribution in [0.5, 0.6) is 0 Å². The lowest BCUT2D eigenvalue weighted by molar-refractivity contribution is -0.149. The largest absolute Gasteiger partial charge is 0.380 e. The third-order valence-corrected chi connectivity index (χ3v) is 7.11. The Morgan fingerprint density at radius 3 is 2.58 bits per heavy atom. The topological polar surface area (TPSA) is 78.9 Å². The van der Waals surface area contributed by atoms with Gasteiger partial charge >= 0.3 is 0 Å². The zero-order valence-electron chi connectivity index (χ0n) is 21.4. The number of aliphatic hydroxyl groups is 1. The SMILES string of the molecule is C[C@@H](NCC1CN(Cc2cccc(C(=O)C(O)c3ccccc3)c2)C(=O)CO1)c1cccc2ccccc12. The van der Waals surface area contributed by atoms with Gasteiger partial charge in [-0.1, -0.05) is 91.0 Å². The van der Waals surface area contributed by atoms with E-state index in [1.165, 1.54) is 16.3 Å². The smallest absolute Gasteiger partial charge is 0.248 e. The highest BCUT2D eigenvalue weighted by atomic mass is 16.5. The molecule has 194 valence electrons. The number of rotatable bonds is 9. The molecule has 1 fully saturated rings. The maximum absolute atomic E-state index is 12.9. The summed E-state index contributed by atoms with van der Waals surface area (Å²) in [6.07, 6.45) is -1.37. The van der Waals surface area contributed by atoms with Gasteiger partial charge in [-0.2, -0.15) is 0 Å². The van der Waals surface area contributed by atoms with E-state index in [1.54, 1.807) is 47.4 Å². The Morgan fingerprint density at radius 2 is 1.74 bits per heavy atom. The first-order chi connectivity index (χ1) is 18.5. The fraction of sp³-hybridized carbons (Fsp3) is 0.250. The van der Waals surface area contributed by atoms with E-state index in [9.17, 15) is 14.7 Å². The lowest BCUT2D eigenvalue weighted by atomic mass is 9.98. The number of aliphatic hydroxyl groups excluding tert-OH is 1. The Bertz CT molecular complexity index is 1420. The molecule has 3 atom stereocenters. The minimum absolute atomic E-state index is 0.0281. The average Bonchev–Trinajstić information content (AvgIpc) is 2.97. The number of amides is 1. The minimum atomic E-state index is -1.23.